The summed E-state index contributed by atoms with van der Waals surface area (Å²) in [6, 6.07) is 6.08. The average Bonchev–Trinajstić information content (AvgIpc) is 3.67. The summed E-state index contributed by atoms with van der Waals surface area (Å²) in [6.45, 7) is 11.5. The number of likely N-dealkylation sites (tertiary alicyclic amines) is 1. The number of ether oxygens (including phenoxy) is 1. The lowest BCUT2D eigenvalue weighted by Gasteiger charge is -2.40. The lowest BCUT2D eigenvalue weighted by molar-refractivity contribution is -0.154. The molecule has 1 N–H and O–H groups in total. The molecule has 2 bridgehead atoms. The second-order valence-corrected chi connectivity index (χ2v) is 12.4. The van der Waals surface area contributed by atoms with Crippen molar-refractivity contribution in [1.29, 1.82) is 0 Å². The Hall–Kier alpha value is -3.18. The number of aliphatic hydroxyl groups excluding tert-OH is 1. The van der Waals surface area contributed by atoms with Gasteiger partial charge in [-0.05, 0) is 30.9 Å². The fourth-order valence-electron chi connectivity index (χ4n) is 6.58. The highest BCUT2D eigenvalue weighted by Crippen LogP contribution is 2.67. The van der Waals surface area contributed by atoms with Crippen LogP contribution in [0.3, 0.4) is 0 Å². The van der Waals surface area contributed by atoms with E-state index in [1.807, 2.05) is 38.1 Å². The maximum atomic E-state index is 14.6. The molecule has 11 heteroatoms. The molecule has 0 radical (unpaired) electrons. The summed E-state index contributed by atoms with van der Waals surface area (Å²) in [5.74, 6) is -2.39. The van der Waals surface area contributed by atoms with Gasteiger partial charge in [-0.2, -0.15) is 0 Å². The number of aliphatic hydroxyl groups is 1. The Balaban J connectivity index is 1.55. The van der Waals surface area contributed by atoms with Crippen molar-refractivity contribution in [2.45, 2.75) is 55.4 Å². The van der Waals surface area contributed by atoms with Crippen LogP contribution in [0.25, 0.3) is 11.0 Å². The minimum atomic E-state index is -0.850. The lowest BCUT2D eigenvalue weighted by atomic mass is 9.71. The highest BCUT2D eigenvalue weighted by Gasteiger charge is 2.75. The van der Waals surface area contributed by atoms with Gasteiger partial charge >= 0.3 is 5.97 Å². The van der Waals surface area contributed by atoms with Crippen molar-refractivity contribution in [1.82, 2.24) is 24.8 Å². The molecule has 2 aromatic rings. The van der Waals surface area contributed by atoms with Gasteiger partial charge in [0.2, 0.25) is 11.8 Å². The number of rotatable bonds is 11. The number of esters is 1. The standard InChI is InChI=1S/C28H35N5O5S/c1-5-13-31(16-32-19-10-8-7-9-18(19)29-30-32)26(36)24-28-12-11-21(39-28)22(27(37)38-14-6-2)23(28)25(35)33(24)20(15-34)17(3)4/h5-10,17,20-24,34H,1-2,11-16H2,3-4H3/t20-,21-,22+,23-,24?,28?/m0/s1. The quantitative estimate of drug-likeness (QED) is 0.333. The second kappa shape index (κ2) is 10.8. The summed E-state index contributed by atoms with van der Waals surface area (Å²) in [5, 5.41) is 18.8. The molecule has 39 heavy (non-hydrogen) atoms. The van der Waals surface area contributed by atoms with Crippen molar-refractivity contribution >= 4 is 40.6 Å². The number of nitrogens with zero attached hydrogens (tertiary/aromatic N) is 5. The van der Waals surface area contributed by atoms with Crippen molar-refractivity contribution < 1.29 is 24.2 Å². The number of benzene rings is 1. The van der Waals surface area contributed by atoms with Crippen LogP contribution < -0.4 is 0 Å². The van der Waals surface area contributed by atoms with Gasteiger partial charge < -0.3 is 19.6 Å². The van der Waals surface area contributed by atoms with Gasteiger partial charge in [-0.25, -0.2) is 4.68 Å². The molecule has 3 aliphatic heterocycles. The molecule has 2 amide bonds. The minimum absolute atomic E-state index is 0.0664. The second-order valence-electron chi connectivity index (χ2n) is 10.8. The van der Waals surface area contributed by atoms with Crippen molar-refractivity contribution in [2.75, 3.05) is 19.8 Å². The first-order valence-corrected chi connectivity index (χ1v) is 14.2. The maximum Gasteiger partial charge on any atom is 0.311 e. The van der Waals surface area contributed by atoms with Crippen LogP contribution in [0.15, 0.2) is 49.6 Å². The van der Waals surface area contributed by atoms with Crippen LogP contribution in [-0.4, -0.2) is 89.5 Å². The summed E-state index contributed by atoms with van der Waals surface area (Å²) in [7, 11) is 0. The zero-order valence-electron chi connectivity index (χ0n) is 22.3. The molecule has 3 saturated heterocycles. The highest BCUT2D eigenvalue weighted by molar-refractivity contribution is 8.02. The van der Waals surface area contributed by atoms with E-state index in [4.69, 9.17) is 4.74 Å². The number of carbonyl (C=O) groups is 3. The zero-order valence-corrected chi connectivity index (χ0v) is 23.1. The van der Waals surface area contributed by atoms with Crippen LogP contribution >= 0.6 is 11.8 Å². The van der Waals surface area contributed by atoms with Crippen LogP contribution in [0.4, 0.5) is 0 Å². The van der Waals surface area contributed by atoms with Crippen molar-refractivity contribution in [3.63, 3.8) is 0 Å². The van der Waals surface area contributed by atoms with Crippen LogP contribution in [0.1, 0.15) is 26.7 Å². The molecule has 3 fully saturated rings. The monoisotopic (exact) mass is 553 g/mol. The van der Waals surface area contributed by atoms with Gasteiger partial charge in [-0.1, -0.05) is 49.9 Å². The van der Waals surface area contributed by atoms with E-state index in [9.17, 15) is 19.5 Å². The largest absolute Gasteiger partial charge is 0.461 e. The number of aromatic nitrogens is 3. The van der Waals surface area contributed by atoms with Gasteiger partial charge in [0.25, 0.3) is 0 Å². The van der Waals surface area contributed by atoms with E-state index in [0.717, 1.165) is 5.52 Å². The molecule has 5 rings (SSSR count). The van der Waals surface area contributed by atoms with Crippen molar-refractivity contribution in [2.24, 2.45) is 17.8 Å². The summed E-state index contributed by atoms with van der Waals surface area (Å²) in [5.41, 5.74) is 1.50. The third-order valence-corrected chi connectivity index (χ3v) is 10.2. The maximum absolute atomic E-state index is 14.6. The predicted octanol–water partition coefficient (Wildman–Crippen LogP) is 2.24. The van der Waals surface area contributed by atoms with Crippen LogP contribution in [0.5, 0.6) is 0 Å². The smallest absolute Gasteiger partial charge is 0.311 e. The molecule has 0 aliphatic carbocycles. The van der Waals surface area contributed by atoms with E-state index >= 15 is 0 Å². The van der Waals surface area contributed by atoms with Gasteiger partial charge in [0.15, 0.2) is 0 Å². The summed E-state index contributed by atoms with van der Waals surface area (Å²) in [4.78, 5) is 45.2. The Morgan fingerprint density at radius 2 is 2.08 bits per heavy atom. The number of para-hydroxylation sites is 1. The molecule has 1 spiro atoms. The highest BCUT2D eigenvalue weighted by atomic mass is 32.2. The summed E-state index contributed by atoms with van der Waals surface area (Å²) in [6.07, 6.45) is 4.49. The van der Waals surface area contributed by atoms with E-state index < -0.39 is 34.6 Å². The molecule has 4 heterocycles. The summed E-state index contributed by atoms with van der Waals surface area (Å²) >= 11 is 1.57. The number of carbonyl (C=O) groups excluding carboxylic acids is 3. The van der Waals surface area contributed by atoms with Crippen molar-refractivity contribution in [3.05, 3.63) is 49.6 Å². The van der Waals surface area contributed by atoms with Gasteiger partial charge in [0.05, 0.1) is 34.7 Å². The molecule has 0 saturated carbocycles. The van der Waals surface area contributed by atoms with E-state index in [1.54, 1.807) is 32.3 Å². The van der Waals surface area contributed by atoms with E-state index in [2.05, 4.69) is 23.5 Å². The molecule has 1 aromatic heterocycles. The number of thioether (sulfide) groups is 1. The first kappa shape index (κ1) is 27.4. The molecule has 208 valence electrons. The van der Waals surface area contributed by atoms with Crippen LogP contribution in [-0.2, 0) is 25.8 Å². The summed E-state index contributed by atoms with van der Waals surface area (Å²) < 4.78 is 6.30. The van der Waals surface area contributed by atoms with Crippen molar-refractivity contribution in [3.8, 4) is 0 Å². The van der Waals surface area contributed by atoms with E-state index in [1.165, 1.54) is 6.08 Å². The average molecular weight is 554 g/mol. The van der Waals surface area contributed by atoms with E-state index in [0.29, 0.717) is 18.4 Å². The number of amides is 2. The molecular weight excluding hydrogens is 518 g/mol. The molecule has 10 nitrogen and oxygen atoms in total. The third-order valence-electron chi connectivity index (χ3n) is 8.29. The normalized spacial score (nSPS) is 28.1. The Labute approximate surface area is 232 Å². The van der Waals surface area contributed by atoms with Gasteiger partial charge in [0.1, 0.15) is 24.8 Å². The predicted molar refractivity (Wildman–Crippen MR) is 147 cm³/mol. The van der Waals surface area contributed by atoms with Crippen LogP contribution in [0.2, 0.25) is 0 Å². The topological polar surface area (TPSA) is 118 Å². The first-order valence-electron chi connectivity index (χ1n) is 13.3. The first-order chi connectivity index (χ1) is 18.8. The fraction of sp³-hybridized carbons (Fsp3) is 0.536. The van der Waals surface area contributed by atoms with E-state index in [-0.39, 0.29) is 49.4 Å². The fourth-order valence-corrected chi connectivity index (χ4v) is 8.77. The Morgan fingerprint density at radius 3 is 2.77 bits per heavy atom. The minimum Gasteiger partial charge on any atom is -0.461 e. The zero-order chi connectivity index (χ0) is 27.9. The number of fused-ring (bicyclic) bond motifs is 2. The molecule has 3 aliphatic rings. The Bertz CT molecular complexity index is 1300. The SMILES string of the molecule is C=CCOC(=O)[C@@H]1[C@@H]2CCC3(S2)C(C(=O)N(CC=C)Cn2nnc4ccccc42)N([C@@H](CO)C(C)C)C(=O)[C@H]13. The Morgan fingerprint density at radius 1 is 1.31 bits per heavy atom. The molecular formula is C28H35N5O5S. The lowest BCUT2D eigenvalue weighted by Crippen LogP contribution is -2.58. The Kier molecular flexibility index (Phi) is 7.56. The number of hydrogen-bond acceptors (Lipinski definition) is 8. The molecule has 2 unspecified atom stereocenters. The molecule has 6 atom stereocenters. The third kappa shape index (κ3) is 4.35. The molecule has 1 aromatic carbocycles. The van der Waals surface area contributed by atoms with Gasteiger partial charge in [-0.15, -0.1) is 23.4 Å². The van der Waals surface area contributed by atoms with Crippen LogP contribution in [0, 0.1) is 17.8 Å². The van der Waals surface area contributed by atoms with Gasteiger partial charge in [0, 0.05) is 11.8 Å². The number of hydrogen-bond donors (Lipinski definition) is 1. The van der Waals surface area contributed by atoms with Gasteiger partial charge in [-0.3, -0.25) is 14.4 Å².